The molecule has 0 radical (unpaired) electrons. The molecule has 1 N–H and O–H groups in total. The Morgan fingerprint density at radius 2 is 2.05 bits per heavy atom. The average molecular weight is 261 g/mol. The number of benzene rings is 1. The summed E-state index contributed by atoms with van der Waals surface area (Å²) in [6.07, 6.45) is 1.01. The molecule has 1 aliphatic rings. The van der Waals surface area contributed by atoms with Gasteiger partial charge >= 0.3 is 0 Å². The molecule has 1 aromatic carbocycles. The van der Waals surface area contributed by atoms with Crippen LogP contribution in [0.1, 0.15) is 12.0 Å². The van der Waals surface area contributed by atoms with Crippen molar-refractivity contribution in [3.8, 4) is 0 Å². The van der Waals surface area contributed by atoms with E-state index in [-0.39, 0.29) is 11.9 Å². The minimum atomic E-state index is -0.0768. The number of nitrogens with zero attached hydrogens (tertiary/aromatic N) is 2. The fourth-order valence-corrected chi connectivity index (χ4v) is 2.65. The van der Waals surface area contributed by atoms with Gasteiger partial charge in [-0.1, -0.05) is 18.2 Å². The van der Waals surface area contributed by atoms with Crippen LogP contribution in [0.4, 0.5) is 5.69 Å². The summed E-state index contributed by atoms with van der Waals surface area (Å²) in [4.78, 5) is 16.8. The summed E-state index contributed by atoms with van der Waals surface area (Å²) >= 11 is 0. The SMILES string of the molecule is CNCC1C(=O)N(c2ccccc2C)CCCN1C. The zero-order valence-corrected chi connectivity index (χ0v) is 12.0. The van der Waals surface area contributed by atoms with Crippen LogP contribution >= 0.6 is 0 Å². The fraction of sp³-hybridized carbons (Fsp3) is 0.533. The van der Waals surface area contributed by atoms with E-state index in [4.69, 9.17) is 0 Å². The van der Waals surface area contributed by atoms with Gasteiger partial charge in [-0.3, -0.25) is 9.69 Å². The Kier molecular flexibility index (Phi) is 4.56. The van der Waals surface area contributed by atoms with E-state index in [9.17, 15) is 4.79 Å². The second-order valence-corrected chi connectivity index (χ2v) is 5.18. The summed E-state index contributed by atoms with van der Waals surface area (Å²) in [5.74, 6) is 0.198. The third-order valence-corrected chi connectivity index (χ3v) is 3.78. The van der Waals surface area contributed by atoms with Crippen molar-refractivity contribution in [1.82, 2.24) is 10.2 Å². The molecule has 2 rings (SSSR count). The van der Waals surface area contributed by atoms with Crippen molar-refractivity contribution >= 4 is 11.6 Å². The van der Waals surface area contributed by atoms with Crippen molar-refractivity contribution in [2.24, 2.45) is 0 Å². The highest BCUT2D eigenvalue weighted by molar-refractivity contribution is 5.98. The van der Waals surface area contributed by atoms with Crippen molar-refractivity contribution in [1.29, 1.82) is 0 Å². The highest BCUT2D eigenvalue weighted by atomic mass is 16.2. The van der Waals surface area contributed by atoms with Crippen LogP contribution in [-0.2, 0) is 4.79 Å². The quantitative estimate of drug-likeness (QED) is 0.889. The first kappa shape index (κ1) is 14.0. The minimum absolute atomic E-state index is 0.0768. The second-order valence-electron chi connectivity index (χ2n) is 5.18. The van der Waals surface area contributed by atoms with Crippen molar-refractivity contribution < 1.29 is 4.79 Å². The molecule has 1 heterocycles. The molecule has 4 heteroatoms. The zero-order valence-electron chi connectivity index (χ0n) is 12.0. The lowest BCUT2D eigenvalue weighted by atomic mass is 10.1. The van der Waals surface area contributed by atoms with Gasteiger partial charge in [0.05, 0.1) is 0 Å². The number of hydrogen-bond donors (Lipinski definition) is 1. The molecule has 104 valence electrons. The van der Waals surface area contributed by atoms with Crippen LogP contribution < -0.4 is 10.2 Å². The maximum Gasteiger partial charge on any atom is 0.245 e. The van der Waals surface area contributed by atoms with Crippen LogP contribution in [-0.4, -0.2) is 50.6 Å². The number of nitrogens with one attached hydrogen (secondary N) is 1. The molecule has 0 saturated carbocycles. The highest BCUT2D eigenvalue weighted by Gasteiger charge is 2.31. The van der Waals surface area contributed by atoms with Gasteiger partial charge < -0.3 is 10.2 Å². The Bertz CT molecular complexity index is 447. The Morgan fingerprint density at radius 3 is 2.74 bits per heavy atom. The topological polar surface area (TPSA) is 35.6 Å². The van der Waals surface area contributed by atoms with Crippen LogP contribution in [0.2, 0.25) is 0 Å². The molecule has 1 saturated heterocycles. The van der Waals surface area contributed by atoms with Crippen LogP contribution in [0.5, 0.6) is 0 Å². The second kappa shape index (κ2) is 6.17. The predicted octanol–water partition coefficient (Wildman–Crippen LogP) is 1.25. The van der Waals surface area contributed by atoms with Gasteiger partial charge in [-0.25, -0.2) is 0 Å². The van der Waals surface area contributed by atoms with Gasteiger partial charge in [-0.05, 0) is 39.1 Å². The number of anilines is 1. The lowest BCUT2D eigenvalue weighted by Gasteiger charge is -2.28. The van der Waals surface area contributed by atoms with Gasteiger partial charge in [0.2, 0.25) is 5.91 Å². The highest BCUT2D eigenvalue weighted by Crippen LogP contribution is 2.23. The molecule has 0 bridgehead atoms. The number of aryl methyl sites for hydroxylation is 1. The zero-order chi connectivity index (χ0) is 13.8. The molecule has 4 nitrogen and oxygen atoms in total. The van der Waals surface area contributed by atoms with Gasteiger partial charge in [0.1, 0.15) is 6.04 Å². The van der Waals surface area contributed by atoms with Crippen molar-refractivity contribution in [3.63, 3.8) is 0 Å². The van der Waals surface area contributed by atoms with Crippen LogP contribution in [0.15, 0.2) is 24.3 Å². The van der Waals surface area contributed by atoms with Crippen LogP contribution in [0.3, 0.4) is 0 Å². The van der Waals surface area contributed by atoms with E-state index in [2.05, 4.69) is 23.2 Å². The predicted molar refractivity (Wildman–Crippen MR) is 78.5 cm³/mol. The number of rotatable bonds is 3. The van der Waals surface area contributed by atoms with E-state index in [1.807, 2.05) is 37.2 Å². The third-order valence-electron chi connectivity index (χ3n) is 3.78. The first-order valence-electron chi connectivity index (χ1n) is 6.87. The lowest BCUT2D eigenvalue weighted by Crippen LogP contribution is -2.49. The third kappa shape index (κ3) is 2.96. The molecule has 19 heavy (non-hydrogen) atoms. The molecule has 1 aliphatic heterocycles. The number of carbonyl (C=O) groups is 1. The summed E-state index contributed by atoms with van der Waals surface area (Å²) in [6.45, 7) is 4.51. The van der Waals surface area contributed by atoms with E-state index in [1.165, 1.54) is 0 Å². The number of amides is 1. The Balaban J connectivity index is 2.30. The van der Waals surface area contributed by atoms with Crippen molar-refractivity contribution in [2.75, 3.05) is 38.6 Å². The Hall–Kier alpha value is -1.39. The first-order chi connectivity index (χ1) is 9.15. The smallest absolute Gasteiger partial charge is 0.245 e. The van der Waals surface area contributed by atoms with Crippen LogP contribution in [0.25, 0.3) is 0 Å². The molecule has 1 fully saturated rings. The molecule has 1 amide bonds. The van der Waals surface area contributed by atoms with Gasteiger partial charge in [0.15, 0.2) is 0 Å². The molecular formula is C15H23N3O. The number of likely N-dealkylation sites (N-methyl/N-ethyl adjacent to an activating group) is 2. The van der Waals surface area contributed by atoms with Crippen LogP contribution in [0, 0.1) is 6.92 Å². The van der Waals surface area contributed by atoms with Crippen molar-refractivity contribution in [2.45, 2.75) is 19.4 Å². The summed E-state index contributed by atoms with van der Waals surface area (Å²) in [5, 5.41) is 3.12. The summed E-state index contributed by atoms with van der Waals surface area (Å²) < 4.78 is 0. The summed E-state index contributed by atoms with van der Waals surface area (Å²) in [7, 11) is 3.92. The molecule has 1 atom stereocenters. The van der Waals surface area contributed by atoms with Gasteiger partial charge in [-0.15, -0.1) is 0 Å². The molecule has 0 aliphatic carbocycles. The molecule has 1 aromatic rings. The standard InChI is InChI=1S/C15H23N3O/c1-12-7-4-5-8-13(12)18-10-6-9-17(3)14(11-16-2)15(18)19/h4-5,7-8,14,16H,6,9-11H2,1-3H3. The van der Waals surface area contributed by atoms with Gasteiger partial charge in [0, 0.05) is 25.3 Å². The number of hydrogen-bond acceptors (Lipinski definition) is 3. The molecular weight excluding hydrogens is 238 g/mol. The maximum absolute atomic E-state index is 12.7. The Labute approximate surface area is 115 Å². The molecule has 1 unspecified atom stereocenters. The van der Waals surface area contributed by atoms with E-state index in [0.29, 0.717) is 6.54 Å². The average Bonchev–Trinajstić information content (AvgIpc) is 2.53. The molecule has 0 aromatic heterocycles. The summed E-state index contributed by atoms with van der Waals surface area (Å²) in [6, 6.07) is 8.03. The fourth-order valence-electron chi connectivity index (χ4n) is 2.65. The first-order valence-corrected chi connectivity index (χ1v) is 6.87. The van der Waals surface area contributed by atoms with E-state index in [0.717, 1.165) is 30.8 Å². The normalized spacial score (nSPS) is 21.5. The van der Waals surface area contributed by atoms with Gasteiger partial charge in [-0.2, -0.15) is 0 Å². The summed E-state index contributed by atoms with van der Waals surface area (Å²) in [5.41, 5.74) is 2.20. The molecule has 0 spiro atoms. The number of carbonyl (C=O) groups excluding carboxylic acids is 1. The van der Waals surface area contributed by atoms with E-state index in [1.54, 1.807) is 0 Å². The maximum atomic E-state index is 12.7. The Morgan fingerprint density at radius 1 is 1.32 bits per heavy atom. The number of para-hydroxylation sites is 1. The van der Waals surface area contributed by atoms with Gasteiger partial charge in [0.25, 0.3) is 0 Å². The largest absolute Gasteiger partial charge is 0.318 e. The van der Waals surface area contributed by atoms with Crippen molar-refractivity contribution in [3.05, 3.63) is 29.8 Å². The lowest BCUT2D eigenvalue weighted by molar-refractivity contribution is -0.122. The van der Waals surface area contributed by atoms with E-state index < -0.39 is 0 Å². The minimum Gasteiger partial charge on any atom is -0.318 e. The van der Waals surface area contributed by atoms with E-state index >= 15 is 0 Å². The monoisotopic (exact) mass is 261 g/mol.